The van der Waals surface area contributed by atoms with Gasteiger partial charge in [-0.05, 0) is 47.0 Å². The third-order valence-corrected chi connectivity index (χ3v) is 4.45. The van der Waals surface area contributed by atoms with Gasteiger partial charge in [-0.15, -0.1) is 10.2 Å². The van der Waals surface area contributed by atoms with Crippen molar-refractivity contribution in [2.75, 3.05) is 5.32 Å². The van der Waals surface area contributed by atoms with Crippen LogP contribution in [-0.2, 0) is 0 Å². The average molecular weight is 342 g/mol. The Labute approximate surface area is 121 Å². The molecule has 19 heavy (non-hydrogen) atoms. The van der Waals surface area contributed by atoms with Crippen LogP contribution in [0.1, 0.15) is 34.1 Å². The summed E-state index contributed by atoms with van der Waals surface area (Å²) in [4.78, 5) is 12.0. The third-order valence-electron chi connectivity index (χ3n) is 2.76. The maximum absolute atomic E-state index is 13.1. The van der Waals surface area contributed by atoms with Gasteiger partial charge in [-0.2, -0.15) is 0 Å². The topological polar surface area (TPSA) is 54.9 Å². The van der Waals surface area contributed by atoms with Gasteiger partial charge in [0.2, 0.25) is 5.13 Å². The SMILES string of the molecule is O=C(Nc1nnc(C2CC2)s1)c1cc(F)ccc1Br. The maximum atomic E-state index is 13.1. The fourth-order valence-corrected chi connectivity index (χ4v) is 2.95. The fraction of sp³-hybridized carbons (Fsp3) is 0.250. The number of hydrogen-bond donors (Lipinski definition) is 1. The van der Waals surface area contributed by atoms with Crippen LogP contribution in [0, 0.1) is 5.82 Å². The zero-order valence-corrected chi connectivity index (χ0v) is 12.1. The summed E-state index contributed by atoms with van der Waals surface area (Å²) in [5.41, 5.74) is 0.239. The second kappa shape index (κ2) is 4.97. The minimum absolute atomic E-state index is 0.239. The van der Waals surface area contributed by atoms with Gasteiger partial charge in [0.25, 0.3) is 5.91 Å². The number of benzene rings is 1. The van der Waals surface area contributed by atoms with Crippen LogP contribution >= 0.6 is 27.3 Å². The van der Waals surface area contributed by atoms with Crippen LogP contribution in [0.15, 0.2) is 22.7 Å². The number of halogens is 2. The Balaban J connectivity index is 1.77. The molecule has 1 aliphatic rings. The third kappa shape index (κ3) is 2.82. The highest BCUT2D eigenvalue weighted by atomic mass is 79.9. The summed E-state index contributed by atoms with van der Waals surface area (Å²) in [6, 6.07) is 3.97. The second-order valence-corrected chi connectivity index (χ2v) is 6.16. The molecule has 1 fully saturated rings. The van der Waals surface area contributed by atoms with Crippen molar-refractivity contribution in [1.29, 1.82) is 0 Å². The highest BCUT2D eigenvalue weighted by Crippen LogP contribution is 2.42. The van der Waals surface area contributed by atoms with Gasteiger partial charge in [0.15, 0.2) is 0 Å². The molecule has 1 aliphatic carbocycles. The Morgan fingerprint density at radius 2 is 2.21 bits per heavy atom. The predicted octanol–water partition coefficient (Wildman–Crippen LogP) is 3.57. The van der Waals surface area contributed by atoms with Crippen LogP contribution in [-0.4, -0.2) is 16.1 Å². The Kier molecular flexibility index (Phi) is 3.32. The molecule has 0 bridgehead atoms. The lowest BCUT2D eigenvalue weighted by atomic mass is 10.2. The van der Waals surface area contributed by atoms with Crippen LogP contribution in [0.4, 0.5) is 9.52 Å². The monoisotopic (exact) mass is 341 g/mol. The molecular weight excluding hydrogens is 333 g/mol. The van der Waals surface area contributed by atoms with Crippen LogP contribution in [0.3, 0.4) is 0 Å². The molecule has 2 aromatic rings. The molecular formula is C12H9BrFN3OS. The smallest absolute Gasteiger partial charge is 0.258 e. The zero-order chi connectivity index (χ0) is 13.4. The minimum atomic E-state index is -0.454. The summed E-state index contributed by atoms with van der Waals surface area (Å²) in [6.07, 6.45) is 2.27. The summed E-state index contributed by atoms with van der Waals surface area (Å²) < 4.78 is 13.7. The van der Waals surface area contributed by atoms with Crippen molar-refractivity contribution in [2.45, 2.75) is 18.8 Å². The molecule has 0 aliphatic heterocycles. The van der Waals surface area contributed by atoms with Crippen molar-refractivity contribution in [1.82, 2.24) is 10.2 Å². The number of carbonyl (C=O) groups is 1. The van der Waals surface area contributed by atoms with Crippen molar-refractivity contribution >= 4 is 38.3 Å². The molecule has 0 saturated heterocycles. The first-order valence-electron chi connectivity index (χ1n) is 5.73. The number of anilines is 1. The van der Waals surface area contributed by atoms with E-state index in [9.17, 15) is 9.18 Å². The summed E-state index contributed by atoms with van der Waals surface area (Å²) in [6.45, 7) is 0. The quantitative estimate of drug-likeness (QED) is 0.928. The number of nitrogens with one attached hydrogen (secondary N) is 1. The van der Waals surface area contributed by atoms with E-state index in [2.05, 4.69) is 31.4 Å². The van der Waals surface area contributed by atoms with Gasteiger partial charge in [-0.3, -0.25) is 10.1 Å². The second-order valence-electron chi connectivity index (χ2n) is 4.30. The zero-order valence-electron chi connectivity index (χ0n) is 9.69. The largest absolute Gasteiger partial charge is 0.296 e. The first-order valence-corrected chi connectivity index (χ1v) is 7.34. The average Bonchev–Trinajstić information content (AvgIpc) is 3.13. The van der Waals surface area contributed by atoms with Crippen molar-refractivity contribution < 1.29 is 9.18 Å². The van der Waals surface area contributed by atoms with E-state index in [1.165, 1.54) is 29.5 Å². The van der Waals surface area contributed by atoms with Gasteiger partial charge >= 0.3 is 0 Å². The van der Waals surface area contributed by atoms with Gasteiger partial charge in [0.1, 0.15) is 10.8 Å². The van der Waals surface area contributed by atoms with Gasteiger partial charge in [-0.1, -0.05) is 11.3 Å². The number of rotatable bonds is 3. The predicted molar refractivity (Wildman–Crippen MR) is 73.9 cm³/mol. The Morgan fingerprint density at radius 3 is 2.95 bits per heavy atom. The molecule has 1 aromatic heterocycles. The highest BCUT2D eigenvalue weighted by molar-refractivity contribution is 9.10. The van der Waals surface area contributed by atoms with Crippen LogP contribution < -0.4 is 5.32 Å². The van der Waals surface area contributed by atoms with Gasteiger partial charge < -0.3 is 0 Å². The maximum Gasteiger partial charge on any atom is 0.258 e. The fourth-order valence-electron chi connectivity index (χ4n) is 1.62. The lowest BCUT2D eigenvalue weighted by Crippen LogP contribution is -2.12. The highest BCUT2D eigenvalue weighted by Gasteiger charge is 2.27. The van der Waals surface area contributed by atoms with Crippen molar-refractivity contribution in [2.24, 2.45) is 0 Å². The lowest BCUT2D eigenvalue weighted by Gasteiger charge is -2.03. The van der Waals surface area contributed by atoms with Gasteiger partial charge in [0, 0.05) is 10.4 Å². The standard InChI is InChI=1S/C12H9BrFN3OS/c13-9-4-3-7(14)5-8(9)10(18)15-12-17-16-11(19-12)6-1-2-6/h3-6H,1-2H2,(H,15,17,18). The van der Waals surface area contributed by atoms with E-state index in [0.717, 1.165) is 17.8 Å². The van der Waals surface area contributed by atoms with E-state index in [4.69, 9.17) is 0 Å². The van der Waals surface area contributed by atoms with Gasteiger partial charge in [-0.25, -0.2) is 4.39 Å². The number of amides is 1. The molecule has 1 N–H and O–H groups in total. The number of aromatic nitrogens is 2. The molecule has 7 heteroatoms. The van der Waals surface area contributed by atoms with E-state index in [-0.39, 0.29) is 5.56 Å². The Hall–Kier alpha value is -1.34. The van der Waals surface area contributed by atoms with Crippen LogP contribution in [0.25, 0.3) is 0 Å². The minimum Gasteiger partial charge on any atom is -0.296 e. The Bertz CT molecular complexity index is 642. The number of hydrogen-bond acceptors (Lipinski definition) is 4. The normalized spacial score (nSPS) is 14.4. The lowest BCUT2D eigenvalue weighted by molar-refractivity contribution is 0.102. The van der Waals surface area contributed by atoms with Gasteiger partial charge in [0.05, 0.1) is 5.56 Å². The first kappa shape index (κ1) is 12.7. The van der Waals surface area contributed by atoms with E-state index in [1.54, 1.807) is 0 Å². The molecule has 98 valence electrons. The van der Waals surface area contributed by atoms with Crippen molar-refractivity contribution in [3.63, 3.8) is 0 Å². The molecule has 3 rings (SSSR count). The molecule has 0 atom stereocenters. The van der Waals surface area contributed by atoms with Crippen molar-refractivity contribution in [3.05, 3.63) is 39.1 Å². The first-order chi connectivity index (χ1) is 9.13. The van der Waals surface area contributed by atoms with E-state index in [1.807, 2.05) is 0 Å². The van der Waals surface area contributed by atoms with Crippen LogP contribution in [0.2, 0.25) is 0 Å². The summed E-state index contributed by atoms with van der Waals surface area (Å²) in [5.74, 6) is -0.349. The Morgan fingerprint density at radius 1 is 1.42 bits per heavy atom. The molecule has 1 amide bonds. The van der Waals surface area contributed by atoms with Crippen molar-refractivity contribution in [3.8, 4) is 0 Å². The molecule has 0 spiro atoms. The van der Waals surface area contributed by atoms with E-state index < -0.39 is 11.7 Å². The number of carbonyl (C=O) groups excluding carboxylic acids is 1. The summed E-state index contributed by atoms with van der Waals surface area (Å²) in [5, 5.41) is 12.0. The van der Waals surface area contributed by atoms with E-state index in [0.29, 0.717) is 15.5 Å². The molecule has 0 radical (unpaired) electrons. The van der Waals surface area contributed by atoms with Crippen LogP contribution in [0.5, 0.6) is 0 Å². The molecule has 4 nitrogen and oxygen atoms in total. The molecule has 1 heterocycles. The number of nitrogens with zero attached hydrogens (tertiary/aromatic N) is 2. The molecule has 0 unspecified atom stereocenters. The molecule has 1 saturated carbocycles. The summed E-state index contributed by atoms with van der Waals surface area (Å²) in [7, 11) is 0. The molecule has 1 aromatic carbocycles. The summed E-state index contributed by atoms with van der Waals surface area (Å²) >= 11 is 4.60. The van der Waals surface area contributed by atoms with E-state index >= 15 is 0 Å².